The average molecular weight is 240 g/mol. The van der Waals surface area contributed by atoms with Crippen LogP contribution in [0.2, 0.25) is 5.02 Å². The molecule has 0 heterocycles. The highest BCUT2D eigenvalue weighted by Crippen LogP contribution is 2.22. The molecule has 0 spiro atoms. The van der Waals surface area contributed by atoms with Crippen molar-refractivity contribution in [2.24, 2.45) is 5.92 Å². The molecule has 0 aromatic heterocycles. The summed E-state index contributed by atoms with van der Waals surface area (Å²) in [5.74, 6) is 0.990. The molecule has 0 amide bonds. The normalized spacial score (nSPS) is 16.4. The molecular weight excluding hydrogens is 218 g/mol. The summed E-state index contributed by atoms with van der Waals surface area (Å²) in [6, 6.07) is 9.44. The Balaban J connectivity index is 0.000000165. The molecule has 1 nitrogen and oxygen atoms in total. The lowest BCUT2D eigenvalue weighted by Gasteiger charge is -2.20. The van der Waals surface area contributed by atoms with Crippen molar-refractivity contribution >= 4 is 11.6 Å². The fourth-order valence-corrected chi connectivity index (χ4v) is 2.24. The van der Waals surface area contributed by atoms with Crippen LogP contribution < -0.4 is 5.32 Å². The van der Waals surface area contributed by atoms with Crippen LogP contribution in [0.3, 0.4) is 0 Å². The van der Waals surface area contributed by atoms with E-state index in [0.717, 1.165) is 10.9 Å². The zero-order valence-electron chi connectivity index (χ0n) is 10.1. The summed E-state index contributed by atoms with van der Waals surface area (Å²) in [7, 11) is 2.05. The molecule has 0 aliphatic heterocycles. The number of hydrogen-bond acceptors (Lipinski definition) is 1. The van der Waals surface area contributed by atoms with E-state index in [1.807, 2.05) is 30.3 Å². The number of rotatable bonds is 2. The summed E-state index contributed by atoms with van der Waals surface area (Å²) >= 11 is 5.54. The number of hydrogen-bond donors (Lipinski definition) is 1. The Morgan fingerprint density at radius 3 is 2.19 bits per heavy atom. The zero-order chi connectivity index (χ0) is 11.6. The van der Waals surface area contributed by atoms with Gasteiger partial charge in [0.25, 0.3) is 0 Å². The summed E-state index contributed by atoms with van der Waals surface area (Å²) in [5, 5.41) is 4.03. The molecule has 2 rings (SSSR count). The Hall–Kier alpha value is -0.530. The van der Waals surface area contributed by atoms with Crippen molar-refractivity contribution in [3.8, 4) is 0 Å². The van der Waals surface area contributed by atoms with E-state index in [9.17, 15) is 0 Å². The van der Waals surface area contributed by atoms with Crippen molar-refractivity contribution in [1.29, 1.82) is 0 Å². The van der Waals surface area contributed by atoms with Crippen molar-refractivity contribution < 1.29 is 0 Å². The van der Waals surface area contributed by atoms with Gasteiger partial charge < -0.3 is 5.32 Å². The maximum absolute atomic E-state index is 5.54. The molecule has 0 bridgehead atoms. The average Bonchev–Trinajstić information content (AvgIpc) is 2.33. The van der Waals surface area contributed by atoms with Gasteiger partial charge in [-0.25, -0.2) is 0 Å². The van der Waals surface area contributed by atoms with Crippen LogP contribution in [-0.2, 0) is 0 Å². The standard InChI is InChI=1S/C8H17N.C6H5Cl/c1-9-7-8-5-3-2-4-6-8;7-6-4-2-1-3-5-6/h8-9H,2-7H2,1H3;1-5H. The van der Waals surface area contributed by atoms with E-state index in [1.54, 1.807) is 0 Å². The minimum absolute atomic E-state index is 0.794. The van der Waals surface area contributed by atoms with Gasteiger partial charge in [-0.15, -0.1) is 0 Å². The molecule has 0 atom stereocenters. The summed E-state index contributed by atoms with van der Waals surface area (Å²) in [5.41, 5.74) is 0. The van der Waals surface area contributed by atoms with Gasteiger partial charge in [-0.1, -0.05) is 49.1 Å². The molecule has 90 valence electrons. The Labute approximate surface area is 104 Å². The van der Waals surface area contributed by atoms with E-state index in [4.69, 9.17) is 11.6 Å². The van der Waals surface area contributed by atoms with E-state index in [2.05, 4.69) is 12.4 Å². The molecule has 2 heteroatoms. The minimum atomic E-state index is 0.794. The Morgan fingerprint density at radius 1 is 1.12 bits per heavy atom. The predicted molar refractivity (Wildman–Crippen MR) is 72.0 cm³/mol. The van der Waals surface area contributed by atoms with Crippen LogP contribution >= 0.6 is 11.6 Å². The fraction of sp³-hybridized carbons (Fsp3) is 0.571. The lowest BCUT2D eigenvalue weighted by atomic mass is 9.89. The highest BCUT2D eigenvalue weighted by Gasteiger charge is 2.11. The van der Waals surface area contributed by atoms with E-state index >= 15 is 0 Å². The van der Waals surface area contributed by atoms with E-state index in [0.29, 0.717) is 0 Å². The summed E-state index contributed by atoms with van der Waals surface area (Å²) < 4.78 is 0. The molecule has 1 fully saturated rings. The van der Waals surface area contributed by atoms with Crippen molar-refractivity contribution in [2.75, 3.05) is 13.6 Å². The third-order valence-corrected chi connectivity index (χ3v) is 3.20. The topological polar surface area (TPSA) is 12.0 Å². The first-order valence-corrected chi connectivity index (χ1v) is 6.56. The highest BCUT2D eigenvalue weighted by atomic mass is 35.5. The van der Waals surface area contributed by atoms with Crippen molar-refractivity contribution in [1.82, 2.24) is 5.32 Å². The van der Waals surface area contributed by atoms with E-state index in [-0.39, 0.29) is 0 Å². The SMILES string of the molecule is CNCC1CCCCC1.Clc1ccccc1. The molecule has 0 radical (unpaired) electrons. The molecule has 16 heavy (non-hydrogen) atoms. The van der Waals surface area contributed by atoms with Crippen LogP contribution in [0.4, 0.5) is 0 Å². The van der Waals surface area contributed by atoms with Gasteiger partial charge in [0.2, 0.25) is 0 Å². The molecule has 1 aliphatic rings. The number of halogens is 1. The van der Waals surface area contributed by atoms with Crippen LogP contribution in [-0.4, -0.2) is 13.6 Å². The summed E-state index contributed by atoms with van der Waals surface area (Å²) in [6.45, 7) is 1.24. The van der Waals surface area contributed by atoms with Crippen LogP contribution in [0, 0.1) is 5.92 Å². The smallest absolute Gasteiger partial charge is 0.0405 e. The fourth-order valence-electron chi connectivity index (χ4n) is 2.09. The van der Waals surface area contributed by atoms with Crippen molar-refractivity contribution in [3.05, 3.63) is 35.4 Å². The van der Waals surface area contributed by atoms with E-state index < -0.39 is 0 Å². The quantitative estimate of drug-likeness (QED) is 0.819. The van der Waals surface area contributed by atoms with Gasteiger partial charge >= 0.3 is 0 Å². The second-order valence-electron chi connectivity index (χ2n) is 4.36. The second-order valence-corrected chi connectivity index (χ2v) is 4.79. The van der Waals surface area contributed by atoms with Gasteiger partial charge in [-0.05, 0) is 44.5 Å². The predicted octanol–water partition coefficient (Wildman–Crippen LogP) is 4.13. The molecule has 1 aromatic rings. The summed E-state index contributed by atoms with van der Waals surface area (Å²) in [6.07, 6.45) is 7.32. The molecule has 1 saturated carbocycles. The summed E-state index contributed by atoms with van der Waals surface area (Å²) in [4.78, 5) is 0. The first kappa shape index (κ1) is 13.5. The second kappa shape index (κ2) is 8.60. The molecule has 0 saturated heterocycles. The zero-order valence-corrected chi connectivity index (χ0v) is 10.8. The number of benzene rings is 1. The van der Waals surface area contributed by atoms with Crippen LogP contribution in [0.25, 0.3) is 0 Å². The third kappa shape index (κ3) is 6.14. The monoisotopic (exact) mass is 239 g/mol. The van der Waals surface area contributed by atoms with Gasteiger partial charge in [0.15, 0.2) is 0 Å². The van der Waals surface area contributed by atoms with Gasteiger partial charge in [0.05, 0.1) is 0 Å². The molecule has 1 aromatic carbocycles. The Bertz CT molecular complexity index is 252. The van der Waals surface area contributed by atoms with Crippen molar-refractivity contribution in [2.45, 2.75) is 32.1 Å². The van der Waals surface area contributed by atoms with Crippen LogP contribution in [0.5, 0.6) is 0 Å². The first-order valence-electron chi connectivity index (χ1n) is 6.18. The largest absolute Gasteiger partial charge is 0.319 e. The minimum Gasteiger partial charge on any atom is -0.319 e. The lowest BCUT2D eigenvalue weighted by Crippen LogP contribution is -2.20. The van der Waals surface area contributed by atoms with Gasteiger partial charge in [-0.2, -0.15) is 0 Å². The molecular formula is C14H22ClN. The Morgan fingerprint density at radius 2 is 1.75 bits per heavy atom. The van der Waals surface area contributed by atoms with Gasteiger partial charge in [-0.3, -0.25) is 0 Å². The Kier molecular flexibility index (Phi) is 7.28. The highest BCUT2D eigenvalue weighted by molar-refractivity contribution is 6.30. The maximum Gasteiger partial charge on any atom is 0.0405 e. The molecule has 1 N–H and O–H groups in total. The molecule has 0 unspecified atom stereocenters. The number of nitrogens with one attached hydrogen (secondary N) is 1. The van der Waals surface area contributed by atoms with E-state index in [1.165, 1.54) is 38.6 Å². The van der Waals surface area contributed by atoms with Gasteiger partial charge in [0, 0.05) is 5.02 Å². The third-order valence-electron chi connectivity index (χ3n) is 2.95. The first-order chi connectivity index (χ1) is 7.83. The van der Waals surface area contributed by atoms with Crippen molar-refractivity contribution in [3.63, 3.8) is 0 Å². The molecule has 1 aliphatic carbocycles. The maximum atomic E-state index is 5.54. The lowest BCUT2D eigenvalue weighted by molar-refractivity contribution is 0.350. The van der Waals surface area contributed by atoms with Crippen LogP contribution in [0.15, 0.2) is 30.3 Å². The van der Waals surface area contributed by atoms with Gasteiger partial charge in [0.1, 0.15) is 0 Å². The van der Waals surface area contributed by atoms with Crippen LogP contribution in [0.1, 0.15) is 32.1 Å².